The molecule has 218 valence electrons. The fraction of sp³-hybridized carbons (Fsp3) is 0.444. The van der Waals surface area contributed by atoms with Crippen LogP contribution in [0, 0.1) is 6.92 Å². The monoisotopic (exact) mass is 572 g/mol. The molecule has 5 rings (SSSR count). The summed E-state index contributed by atoms with van der Waals surface area (Å²) in [5.41, 5.74) is 5.91. The first kappa shape index (κ1) is 28.3. The Balaban J connectivity index is 1.74. The first-order chi connectivity index (χ1) is 19.4. The van der Waals surface area contributed by atoms with Gasteiger partial charge in [0.2, 0.25) is 0 Å². The molecule has 0 aliphatic carbocycles. The molecule has 0 radical (unpaired) electrons. The van der Waals surface area contributed by atoms with Crippen molar-refractivity contribution in [3.8, 4) is 0 Å². The largest absolute Gasteiger partial charge is 0.405 e. The first-order valence-corrected chi connectivity index (χ1v) is 13.3. The molecule has 41 heavy (non-hydrogen) atoms. The predicted octanol–water partition coefficient (Wildman–Crippen LogP) is 2.04. The standard InChI is InChI=1S/C27H31F3N8O3/c1-4-37-22-21(20(23(39)32-14-27(28,29)30)24(37)36-11-7-8-16(31)12-36)35(3)26(41)38(25(22)40)13-19-33-15(2)17-9-5-6-10-18(17)34-19/h5-6,9-10,16H,4,7-8,11-14,31H2,1-3H3,(H,32,39)/t16-/m1/s1. The molecular weight excluding hydrogens is 541 g/mol. The van der Waals surface area contributed by atoms with Crippen LogP contribution in [0.5, 0.6) is 0 Å². The maximum absolute atomic E-state index is 14.0. The molecule has 1 amide bonds. The van der Waals surface area contributed by atoms with Crippen LogP contribution in [0.2, 0.25) is 0 Å². The molecule has 1 aliphatic heterocycles. The number of benzene rings is 1. The fourth-order valence-electron chi connectivity index (χ4n) is 5.59. The predicted molar refractivity (Wildman–Crippen MR) is 148 cm³/mol. The Bertz CT molecular complexity index is 1770. The van der Waals surface area contributed by atoms with Crippen molar-refractivity contribution in [1.29, 1.82) is 0 Å². The molecule has 0 saturated carbocycles. The van der Waals surface area contributed by atoms with E-state index in [0.717, 1.165) is 20.9 Å². The van der Waals surface area contributed by atoms with Crippen molar-refractivity contribution < 1.29 is 18.0 Å². The van der Waals surface area contributed by atoms with E-state index < -0.39 is 29.9 Å². The van der Waals surface area contributed by atoms with E-state index >= 15 is 0 Å². The van der Waals surface area contributed by atoms with Crippen molar-refractivity contribution >= 4 is 33.7 Å². The fourth-order valence-corrected chi connectivity index (χ4v) is 5.59. The summed E-state index contributed by atoms with van der Waals surface area (Å²) in [7, 11) is 1.39. The molecule has 11 nitrogen and oxygen atoms in total. The summed E-state index contributed by atoms with van der Waals surface area (Å²) in [5, 5.41) is 2.76. The number of halogens is 3. The topological polar surface area (TPSA) is 133 Å². The lowest BCUT2D eigenvalue weighted by Crippen LogP contribution is -2.44. The Morgan fingerprint density at radius 3 is 2.56 bits per heavy atom. The van der Waals surface area contributed by atoms with E-state index in [1.165, 1.54) is 7.05 Å². The smallest absolute Gasteiger partial charge is 0.356 e. The number of fused-ring (bicyclic) bond motifs is 2. The summed E-state index contributed by atoms with van der Waals surface area (Å²) in [6, 6.07) is 7.14. The maximum Gasteiger partial charge on any atom is 0.405 e. The Hall–Kier alpha value is -4.20. The van der Waals surface area contributed by atoms with Crippen molar-refractivity contribution in [1.82, 2.24) is 29.0 Å². The van der Waals surface area contributed by atoms with E-state index in [9.17, 15) is 27.6 Å². The number of rotatable bonds is 6. The van der Waals surface area contributed by atoms with Crippen LogP contribution < -0.4 is 27.2 Å². The highest BCUT2D eigenvalue weighted by atomic mass is 19.4. The Morgan fingerprint density at radius 2 is 1.88 bits per heavy atom. The van der Waals surface area contributed by atoms with E-state index in [1.54, 1.807) is 24.5 Å². The molecule has 4 aromatic rings. The number of anilines is 1. The lowest BCUT2D eigenvalue weighted by atomic mass is 10.1. The molecule has 1 aromatic carbocycles. The lowest BCUT2D eigenvalue weighted by Gasteiger charge is -2.33. The van der Waals surface area contributed by atoms with Gasteiger partial charge >= 0.3 is 11.9 Å². The van der Waals surface area contributed by atoms with Crippen LogP contribution in [-0.4, -0.2) is 61.4 Å². The van der Waals surface area contributed by atoms with E-state index in [1.807, 2.05) is 28.4 Å². The summed E-state index contributed by atoms with van der Waals surface area (Å²) < 4.78 is 42.9. The van der Waals surface area contributed by atoms with Crippen LogP contribution >= 0.6 is 0 Å². The van der Waals surface area contributed by atoms with Crippen molar-refractivity contribution in [3.63, 3.8) is 0 Å². The number of carbonyl (C=O) groups is 1. The third kappa shape index (κ3) is 5.19. The van der Waals surface area contributed by atoms with Gasteiger partial charge in [-0.1, -0.05) is 18.2 Å². The zero-order valence-corrected chi connectivity index (χ0v) is 23.0. The zero-order valence-electron chi connectivity index (χ0n) is 23.0. The zero-order chi connectivity index (χ0) is 29.6. The molecular formula is C27H31F3N8O3. The second-order valence-electron chi connectivity index (χ2n) is 10.3. The molecule has 4 heterocycles. The van der Waals surface area contributed by atoms with Gasteiger partial charge in [0.1, 0.15) is 29.3 Å². The quantitative estimate of drug-likeness (QED) is 0.361. The number of nitrogens with zero attached hydrogens (tertiary/aromatic N) is 6. The van der Waals surface area contributed by atoms with Gasteiger partial charge in [-0.05, 0) is 32.8 Å². The molecule has 14 heteroatoms. The van der Waals surface area contributed by atoms with Gasteiger partial charge in [0.05, 0.1) is 17.6 Å². The minimum Gasteiger partial charge on any atom is -0.356 e. The van der Waals surface area contributed by atoms with E-state index in [0.29, 0.717) is 30.7 Å². The summed E-state index contributed by atoms with van der Waals surface area (Å²) in [4.78, 5) is 51.8. The van der Waals surface area contributed by atoms with Gasteiger partial charge in [-0.25, -0.2) is 14.8 Å². The number of aromatic nitrogens is 5. The van der Waals surface area contributed by atoms with Gasteiger partial charge in [0.15, 0.2) is 0 Å². The van der Waals surface area contributed by atoms with Gasteiger partial charge in [-0.2, -0.15) is 13.2 Å². The third-order valence-electron chi connectivity index (χ3n) is 7.40. The molecule has 0 spiro atoms. The molecule has 0 bridgehead atoms. The van der Waals surface area contributed by atoms with Crippen LogP contribution in [-0.2, 0) is 20.1 Å². The minimum absolute atomic E-state index is 0.0263. The number of aryl methyl sites for hydroxylation is 3. The number of amides is 1. The summed E-state index contributed by atoms with van der Waals surface area (Å²) in [6.45, 7) is 2.80. The van der Waals surface area contributed by atoms with E-state index in [2.05, 4.69) is 9.97 Å². The average molecular weight is 573 g/mol. The van der Waals surface area contributed by atoms with Crippen LogP contribution in [0.4, 0.5) is 19.0 Å². The number of carbonyl (C=O) groups excluding carboxylic acids is 1. The lowest BCUT2D eigenvalue weighted by molar-refractivity contribution is -0.123. The number of piperidine rings is 1. The Morgan fingerprint density at radius 1 is 1.15 bits per heavy atom. The molecule has 1 saturated heterocycles. The van der Waals surface area contributed by atoms with Crippen molar-refractivity contribution in [3.05, 3.63) is 62.2 Å². The van der Waals surface area contributed by atoms with Crippen molar-refractivity contribution in [2.75, 3.05) is 24.5 Å². The third-order valence-corrected chi connectivity index (χ3v) is 7.40. The highest BCUT2D eigenvalue weighted by Crippen LogP contribution is 2.33. The molecule has 1 fully saturated rings. The normalized spacial score (nSPS) is 16.1. The number of hydrogen-bond donors (Lipinski definition) is 2. The number of para-hydroxylation sites is 1. The number of hydrogen-bond acceptors (Lipinski definition) is 7. The molecule has 0 unspecified atom stereocenters. The second-order valence-corrected chi connectivity index (χ2v) is 10.3. The molecule has 3 aromatic heterocycles. The summed E-state index contributed by atoms with van der Waals surface area (Å²) in [5.74, 6) is -0.519. The van der Waals surface area contributed by atoms with Crippen LogP contribution in [0.15, 0.2) is 33.9 Å². The van der Waals surface area contributed by atoms with E-state index in [4.69, 9.17) is 5.73 Å². The van der Waals surface area contributed by atoms with Gasteiger partial charge in [-0.15, -0.1) is 0 Å². The molecule has 1 aliphatic rings. The van der Waals surface area contributed by atoms with Crippen molar-refractivity contribution in [2.24, 2.45) is 12.8 Å². The highest BCUT2D eigenvalue weighted by molar-refractivity contribution is 6.11. The summed E-state index contributed by atoms with van der Waals surface area (Å²) >= 11 is 0. The van der Waals surface area contributed by atoms with Gasteiger partial charge in [0.25, 0.3) is 11.5 Å². The van der Waals surface area contributed by atoms with Crippen LogP contribution in [0.3, 0.4) is 0 Å². The van der Waals surface area contributed by atoms with Gasteiger partial charge in [-0.3, -0.25) is 18.7 Å². The van der Waals surface area contributed by atoms with Gasteiger partial charge < -0.3 is 20.5 Å². The minimum atomic E-state index is -4.65. The highest BCUT2D eigenvalue weighted by Gasteiger charge is 2.34. The SMILES string of the molecule is CCn1c(N2CCC[C@@H](N)C2)c(C(=O)NCC(F)(F)F)c2c1c(=O)n(Cc1nc(C)c3ccccc3n1)c(=O)n2C. The van der Waals surface area contributed by atoms with Crippen molar-refractivity contribution in [2.45, 2.75) is 52.0 Å². The Kier molecular flexibility index (Phi) is 7.36. The first-order valence-electron chi connectivity index (χ1n) is 13.3. The average Bonchev–Trinajstić information content (AvgIpc) is 3.28. The van der Waals surface area contributed by atoms with Crippen LogP contribution in [0.25, 0.3) is 21.9 Å². The second kappa shape index (κ2) is 10.7. The molecule has 1 atom stereocenters. The Labute approximate surface area is 232 Å². The number of alkyl halides is 3. The number of nitrogens with two attached hydrogens (primary N) is 1. The van der Waals surface area contributed by atoms with E-state index in [-0.39, 0.29) is 47.4 Å². The maximum atomic E-state index is 14.0. The summed E-state index contributed by atoms with van der Waals surface area (Å²) in [6.07, 6.45) is -3.21. The molecule has 3 N–H and O–H groups in total. The van der Waals surface area contributed by atoms with Crippen LogP contribution in [0.1, 0.15) is 41.6 Å². The number of nitrogens with one attached hydrogen (secondary N) is 1. The van der Waals surface area contributed by atoms with Gasteiger partial charge in [0, 0.05) is 43.8 Å².